The topological polar surface area (TPSA) is 49.9 Å². The number of hydrogen-bond acceptors (Lipinski definition) is 3. The van der Waals surface area contributed by atoms with E-state index in [4.69, 9.17) is 4.74 Å². The van der Waals surface area contributed by atoms with Crippen LogP contribution in [0, 0.1) is 5.92 Å². The lowest BCUT2D eigenvalue weighted by atomic mass is 9.86. The molecule has 148 valence electrons. The normalized spacial score (nSPS) is 21.7. The number of methoxy groups -OCH3 is 1. The molecule has 1 atom stereocenters. The van der Waals surface area contributed by atoms with Crippen LogP contribution in [-0.2, 0) is 20.7 Å². The van der Waals surface area contributed by atoms with Gasteiger partial charge < -0.3 is 14.5 Å². The van der Waals surface area contributed by atoms with Crippen LogP contribution in [0.25, 0.3) is 0 Å². The maximum atomic E-state index is 13.1. The molecule has 5 nitrogen and oxygen atoms in total. The molecule has 2 aliphatic rings. The third-order valence-corrected chi connectivity index (χ3v) is 5.96. The van der Waals surface area contributed by atoms with Crippen molar-refractivity contribution in [3.63, 3.8) is 0 Å². The van der Waals surface area contributed by atoms with E-state index in [2.05, 4.69) is 0 Å². The van der Waals surface area contributed by atoms with E-state index in [0.717, 1.165) is 12.0 Å². The Morgan fingerprint density at radius 2 is 1.78 bits per heavy atom. The predicted octanol–water partition coefficient (Wildman–Crippen LogP) is 2.89. The highest BCUT2D eigenvalue weighted by molar-refractivity contribution is 5.95. The summed E-state index contributed by atoms with van der Waals surface area (Å²) in [5, 5.41) is 0. The molecular formula is C22H32N2O3. The number of benzene rings is 1. The summed E-state index contributed by atoms with van der Waals surface area (Å²) < 4.78 is 5.12. The molecular weight excluding hydrogens is 340 g/mol. The molecule has 0 unspecified atom stereocenters. The second kappa shape index (κ2) is 9.88. The summed E-state index contributed by atoms with van der Waals surface area (Å²) in [5.41, 5.74) is 1.10. The largest absolute Gasteiger partial charge is 0.383 e. The fraction of sp³-hybridized carbons (Fsp3) is 0.636. The molecule has 0 radical (unpaired) electrons. The van der Waals surface area contributed by atoms with Crippen LogP contribution in [0.1, 0.15) is 44.1 Å². The summed E-state index contributed by atoms with van der Waals surface area (Å²) >= 11 is 0. The SMILES string of the molecule is COCCN1CC(=O)N(CCC2CCCCC2)[C@H](Cc2ccccc2)C1=O. The van der Waals surface area contributed by atoms with E-state index in [0.29, 0.717) is 32.0 Å². The maximum Gasteiger partial charge on any atom is 0.246 e. The average molecular weight is 373 g/mol. The van der Waals surface area contributed by atoms with Crippen LogP contribution in [0.3, 0.4) is 0 Å². The molecule has 3 rings (SSSR count). The molecule has 1 aliphatic carbocycles. The van der Waals surface area contributed by atoms with Gasteiger partial charge in [0.1, 0.15) is 6.04 Å². The lowest BCUT2D eigenvalue weighted by molar-refractivity contribution is -0.156. The van der Waals surface area contributed by atoms with Crippen molar-refractivity contribution in [1.82, 2.24) is 9.80 Å². The maximum absolute atomic E-state index is 13.1. The van der Waals surface area contributed by atoms with Crippen molar-refractivity contribution in [3.05, 3.63) is 35.9 Å². The van der Waals surface area contributed by atoms with Crippen LogP contribution in [0.5, 0.6) is 0 Å². The van der Waals surface area contributed by atoms with Crippen molar-refractivity contribution in [1.29, 1.82) is 0 Å². The Labute approximate surface area is 162 Å². The molecule has 0 bridgehead atoms. The molecule has 1 heterocycles. The van der Waals surface area contributed by atoms with Crippen LogP contribution < -0.4 is 0 Å². The standard InChI is InChI=1S/C22H32N2O3/c1-27-15-14-23-17-21(25)24(13-12-18-8-4-2-5-9-18)20(22(23)26)16-19-10-6-3-7-11-19/h3,6-7,10-11,18,20H,2,4-5,8-9,12-17H2,1H3/t20-/m1/s1. The van der Waals surface area contributed by atoms with E-state index in [1.807, 2.05) is 35.2 Å². The first-order valence-corrected chi connectivity index (χ1v) is 10.3. The van der Waals surface area contributed by atoms with Crippen molar-refractivity contribution < 1.29 is 14.3 Å². The minimum atomic E-state index is -0.394. The third-order valence-electron chi connectivity index (χ3n) is 5.96. The molecule has 1 aromatic carbocycles. The molecule has 0 N–H and O–H groups in total. The Bertz CT molecular complexity index is 613. The molecule has 27 heavy (non-hydrogen) atoms. The van der Waals surface area contributed by atoms with Crippen molar-refractivity contribution in [2.75, 3.05) is 33.4 Å². The van der Waals surface area contributed by atoms with E-state index in [9.17, 15) is 9.59 Å². The molecule has 1 saturated carbocycles. The van der Waals surface area contributed by atoms with E-state index >= 15 is 0 Å². The van der Waals surface area contributed by atoms with Gasteiger partial charge in [-0.05, 0) is 17.9 Å². The number of piperazine rings is 1. The molecule has 1 aromatic rings. The first-order chi connectivity index (χ1) is 13.2. The van der Waals surface area contributed by atoms with Crippen LogP contribution >= 0.6 is 0 Å². The van der Waals surface area contributed by atoms with Gasteiger partial charge in [-0.1, -0.05) is 62.4 Å². The summed E-state index contributed by atoms with van der Waals surface area (Å²) in [6.07, 6.45) is 8.06. The van der Waals surface area contributed by atoms with Gasteiger partial charge in [-0.3, -0.25) is 9.59 Å². The zero-order valence-corrected chi connectivity index (χ0v) is 16.4. The second-order valence-electron chi connectivity index (χ2n) is 7.84. The Morgan fingerprint density at radius 3 is 2.48 bits per heavy atom. The van der Waals surface area contributed by atoms with Gasteiger partial charge in [-0.15, -0.1) is 0 Å². The second-order valence-corrected chi connectivity index (χ2v) is 7.84. The first kappa shape index (κ1) is 19.9. The summed E-state index contributed by atoms with van der Waals surface area (Å²) in [5.74, 6) is 0.826. The fourth-order valence-electron chi connectivity index (χ4n) is 4.35. The Balaban J connectivity index is 1.71. The molecule has 1 aliphatic heterocycles. The number of amides is 2. The number of hydrogen-bond donors (Lipinski definition) is 0. The summed E-state index contributed by atoms with van der Waals surface area (Å²) in [7, 11) is 1.62. The van der Waals surface area contributed by atoms with Gasteiger partial charge in [0, 0.05) is 26.6 Å². The lowest BCUT2D eigenvalue weighted by Gasteiger charge is -2.41. The molecule has 2 amide bonds. The average Bonchev–Trinajstić information content (AvgIpc) is 2.70. The van der Waals surface area contributed by atoms with E-state index in [-0.39, 0.29) is 18.4 Å². The summed E-state index contributed by atoms with van der Waals surface area (Å²) in [6.45, 7) is 1.81. The Kier molecular flexibility index (Phi) is 7.27. The zero-order chi connectivity index (χ0) is 19.1. The van der Waals surface area contributed by atoms with Gasteiger partial charge >= 0.3 is 0 Å². The minimum absolute atomic E-state index is 0.0548. The van der Waals surface area contributed by atoms with E-state index in [1.54, 1.807) is 12.0 Å². The van der Waals surface area contributed by atoms with Gasteiger partial charge in [0.05, 0.1) is 13.2 Å². The Hall–Kier alpha value is -1.88. The highest BCUT2D eigenvalue weighted by Crippen LogP contribution is 2.27. The zero-order valence-electron chi connectivity index (χ0n) is 16.4. The monoisotopic (exact) mass is 372 g/mol. The lowest BCUT2D eigenvalue weighted by Crippen LogP contribution is -2.61. The summed E-state index contributed by atoms with van der Waals surface area (Å²) in [4.78, 5) is 29.5. The molecule has 0 aromatic heterocycles. The highest BCUT2D eigenvalue weighted by Gasteiger charge is 2.39. The van der Waals surface area contributed by atoms with Crippen molar-refractivity contribution in [2.45, 2.75) is 51.0 Å². The number of rotatable bonds is 8. The van der Waals surface area contributed by atoms with Gasteiger partial charge in [0.2, 0.25) is 11.8 Å². The van der Waals surface area contributed by atoms with Crippen LogP contribution in [-0.4, -0.2) is 61.0 Å². The number of carbonyl (C=O) groups is 2. The quantitative estimate of drug-likeness (QED) is 0.705. The van der Waals surface area contributed by atoms with Crippen molar-refractivity contribution >= 4 is 11.8 Å². The third kappa shape index (κ3) is 5.32. The number of nitrogens with zero attached hydrogens (tertiary/aromatic N) is 2. The molecule has 2 fully saturated rings. The predicted molar refractivity (Wildman–Crippen MR) is 105 cm³/mol. The smallest absolute Gasteiger partial charge is 0.246 e. The van der Waals surface area contributed by atoms with Gasteiger partial charge in [-0.2, -0.15) is 0 Å². The van der Waals surface area contributed by atoms with Gasteiger partial charge in [-0.25, -0.2) is 0 Å². The highest BCUT2D eigenvalue weighted by atomic mass is 16.5. The number of carbonyl (C=O) groups excluding carboxylic acids is 2. The number of ether oxygens (including phenoxy) is 1. The van der Waals surface area contributed by atoms with Crippen molar-refractivity contribution in [2.24, 2.45) is 5.92 Å². The van der Waals surface area contributed by atoms with Gasteiger partial charge in [0.25, 0.3) is 0 Å². The van der Waals surface area contributed by atoms with E-state index in [1.165, 1.54) is 32.1 Å². The molecule has 5 heteroatoms. The van der Waals surface area contributed by atoms with E-state index < -0.39 is 6.04 Å². The minimum Gasteiger partial charge on any atom is -0.383 e. The van der Waals surface area contributed by atoms with Crippen molar-refractivity contribution in [3.8, 4) is 0 Å². The molecule has 1 saturated heterocycles. The Morgan fingerprint density at radius 1 is 1.04 bits per heavy atom. The van der Waals surface area contributed by atoms with Gasteiger partial charge in [0.15, 0.2) is 0 Å². The first-order valence-electron chi connectivity index (χ1n) is 10.3. The van der Waals surface area contributed by atoms with Crippen LogP contribution in [0.2, 0.25) is 0 Å². The summed E-state index contributed by atoms with van der Waals surface area (Å²) in [6, 6.07) is 9.62. The fourth-order valence-corrected chi connectivity index (χ4v) is 4.35. The van der Waals surface area contributed by atoms with Crippen LogP contribution in [0.4, 0.5) is 0 Å². The molecule has 0 spiro atoms. The van der Waals surface area contributed by atoms with Crippen LogP contribution in [0.15, 0.2) is 30.3 Å².